The molecule has 3 heteroatoms. The Morgan fingerprint density at radius 1 is 0.724 bits per heavy atom. The van der Waals surface area contributed by atoms with E-state index >= 15 is 0 Å². The molecule has 3 nitrogen and oxygen atoms in total. The zero-order chi connectivity index (χ0) is 21.1. The minimum Gasteiger partial charge on any atom is -0.373 e. The van der Waals surface area contributed by atoms with Crippen LogP contribution in [0.2, 0.25) is 0 Å². The second-order valence-electron chi connectivity index (χ2n) is 6.93. The second-order valence-corrected chi connectivity index (χ2v) is 6.93. The monoisotopic (exact) mass is 392 g/mol. The number of nitrogens with zero attached hydrogens (tertiary/aromatic N) is 2. The Labute approximate surface area is 177 Å². The van der Waals surface area contributed by atoms with E-state index in [9.17, 15) is 0 Å². The number of methoxy groups -OCH3 is 1. The molecule has 156 valence electrons. The fourth-order valence-corrected chi connectivity index (χ4v) is 3.51. The van der Waals surface area contributed by atoms with Crippen molar-refractivity contribution in [1.82, 2.24) is 0 Å². The first kappa shape index (κ1) is 22.8. The molecule has 0 fully saturated rings. The predicted molar refractivity (Wildman–Crippen MR) is 128 cm³/mol. The van der Waals surface area contributed by atoms with Gasteiger partial charge in [0.15, 0.2) is 0 Å². The lowest BCUT2D eigenvalue weighted by molar-refractivity contribution is 0.143. The normalized spacial score (nSPS) is 12.6. The maximum absolute atomic E-state index is 5.67. The van der Waals surface area contributed by atoms with Gasteiger partial charge in [-0.25, -0.2) is 0 Å². The first-order chi connectivity index (χ1) is 14.2. The van der Waals surface area contributed by atoms with Crippen molar-refractivity contribution in [2.75, 3.05) is 43.1 Å². The predicted octanol–water partition coefficient (Wildman–Crippen LogP) is 6.34. The van der Waals surface area contributed by atoms with Crippen molar-refractivity contribution in [3.63, 3.8) is 0 Å². The standard InChI is InChI=1S/C26H36N2O/c1-6-27(7-2)24-18-14-22(15-19-24)12-10-11-13-26(29-5)23-16-20-25(21-17-23)28(8-3)9-4/h10-21,26H,6-9H2,1-5H3/b12-10+,13-11+. The topological polar surface area (TPSA) is 15.7 Å². The SMILES string of the molecule is CCN(CC)c1ccc(/C=C/C=C/C(OC)c2ccc(N(CC)CC)cc2)cc1. The quantitative estimate of drug-likeness (QED) is 0.415. The molecule has 0 saturated heterocycles. The van der Waals surface area contributed by atoms with E-state index < -0.39 is 0 Å². The summed E-state index contributed by atoms with van der Waals surface area (Å²) >= 11 is 0. The highest BCUT2D eigenvalue weighted by molar-refractivity contribution is 5.57. The average Bonchev–Trinajstić information content (AvgIpc) is 2.77. The molecule has 0 N–H and O–H groups in total. The molecule has 29 heavy (non-hydrogen) atoms. The lowest BCUT2D eigenvalue weighted by Gasteiger charge is -2.21. The molecule has 0 saturated carbocycles. The van der Waals surface area contributed by atoms with Crippen LogP contribution in [0.25, 0.3) is 6.08 Å². The number of rotatable bonds is 11. The highest BCUT2D eigenvalue weighted by Gasteiger charge is 2.07. The van der Waals surface area contributed by atoms with E-state index in [0.717, 1.165) is 31.7 Å². The van der Waals surface area contributed by atoms with E-state index in [-0.39, 0.29) is 6.10 Å². The van der Waals surface area contributed by atoms with Crippen molar-refractivity contribution in [3.05, 3.63) is 77.9 Å². The maximum atomic E-state index is 5.67. The highest BCUT2D eigenvalue weighted by atomic mass is 16.5. The van der Waals surface area contributed by atoms with Crippen molar-refractivity contribution < 1.29 is 4.74 Å². The molecule has 1 atom stereocenters. The molecule has 0 spiro atoms. The van der Waals surface area contributed by atoms with Crippen molar-refractivity contribution in [3.8, 4) is 0 Å². The number of hydrogen-bond acceptors (Lipinski definition) is 3. The first-order valence-electron chi connectivity index (χ1n) is 10.7. The molecule has 0 bridgehead atoms. The Morgan fingerprint density at radius 3 is 1.66 bits per heavy atom. The number of allylic oxidation sites excluding steroid dienone is 2. The zero-order valence-electron chi connectivity index (χ0n) is 18.6. The molecule has 0 aliphatic carbocycles. The molecule has 2 rings (SSSR count). The minimum atomic E-state index is -0.0459. The van der Waals surface area contributed by atoms with Crippen LogP contribution in [0, 0.1) is 0 Å². The lowest BCUT2D eigenvalue weighted by atomic mass is 10.1. The summed E-state index contributed by atoms with van der Waals surface area (Å²) in [5.41, 5.74) is 4.89. The van der Waals surface area contributed by atoms with E-state index in [1.165, 1.54) is 16.9 Å². The van der Waals surface area contributed by atoms with Crippen LogP contribution in [-0.2, 0) is 4.74 Å². The molecule has 0 radical (unpaired) electrons. The van der Waals surface area contributed by atoms with E-state index in [1.807, 2.05) is 0 Å². The van der Waals surface area contributed by atoms with E-state index in [4.69, 9.17) is 4.74 Å². The molecule has 0 amide bonds. The van der Waals surface area contributed by atoms with Gasteiger partial charge in [-0.3, -0.25) is 0 Å². The van der Waals surface area contributed by atoms with Gasteiger partial charge in [-0.1, -0.05) is 48.6 Å². The van der Waals surface area contributed by atoms with E-state index in [0.29, 0.717) is 0 Å². The fraction of sp³-hybridized carbons (Fsp3) is 0.385. The van der Waals surface area contributed by atoms with Crippen LogP contribution in [0.5, 0.6) is 0 Å². The Bertz CT molecular complexity index is 754. The third kappa shape index (κ3) is 6.50. The third-order valence-electron chi connectivity index (χ3n) is 5.31. The largest absolute Gasteiger partial charge is 0.373 e. The number of hydrogen-bond donors (Lipinski definition) is 0. The van der Waals surface area contributed by atoms with Gasteiger partial charge < -0.3 is 14.5 Å². The Morgan fingerprint density at radius 2 is 1.21 bits per heavy atom. The summed E-state index contributed by atoms with van der Waals surface area (Å²) in [4.78, 5) is 4.69. The van der Waals surface area contributed by atoms with Gasteiger partial charge in [-0.2, -0.15) is 0 Å². The second kappa shape index (κ2) is 12.1. The summed E-state index contributed by atoms with van der Waals surface area (Å²) in [6.07, 6.45) is 8.30. The fourth-order valence-electron chi connectivity index (χ4n) is 3.51. The molecule has 0 aliphatic heterocycles. The molecule has 1 unspecified atom stereocenters. The van der Waals surface area contributed by atoms with Crippen molar-refractivity contribution >= 4 is 17.5 Å². The summed E-state index contributed by atoms with van der Waals surface area (Å²) in [6, 6.07) is 17.4. The minimum absolute atomic E-state index is 0.0459. The van der Waals surface area contributed by atoms with Crippen LogP contribution in [0.15, 0.2) is 66.8 Å². The Kier molecular flexibility index (Phi) is 9.52. The van der Waals surface area contributed by atoms with Gasteiger partial charge in [0.1, 0.15) is 6.10 Å². The van der Waals surface area contributed by atoms with Gasteiger partial charge in [0, 0.05) is 44.7 Å². The van der Waals surface area contributed by atoms with Gasteiger partial charge in [0.2, 0.25) is 0 Å². The molecule has 0 heterocycles. The average molecular weight is 393 g/mol. The molecule has 0 aromatic heterocycles. The first-order valence-corrected chi connectivity index (χ1v) is 10.7. The van der Waals surface area contributed by atoms with Crippen LogP contribution in [-0.4, -0.2) is 33.3 Å². The lowest BCUT2D eigenvalue weighted by Crippen LogP contribution is -2.21. The maximum Gasteiger partial charge on any atom is 0.101 e. The van der Waals surface area contributed by atoms with E-state index in [1.54, 1.807) is 7.11 Å². The summed E-state index contributed by atoms with van der Waals surface area (Å²) < 4.78 is 5.67. The Balaban J connectivity index is 2.00. The van der Waals surface area contributed by atoms with Crippen LogP contribution >= 0.6 is 0 Å². The number of ether oxygens (including phenoxy) is 1. The van der Waals surface area contributed by atoms with Gasteiger partial charge in [-0.05, 0) is 63.1 Å². The summed E-state index contributed by atoms with van der Waals surface area (Å²) in [5, 5.41) is 0. The Hall–Kier alpha value is -2.52. The summed E-state index contributed by atoms with van der Waals surface area (Å²) in [5.74, 6) is 0. The van der Waals surface area contributed by atoms with Crippen LogP contribution < -0.4 is 9.80 Å². The van der Waals surface area contributed by atoms with Crippen molar-refractivity contribution in [2.24, 2.45) is 0 Å². The van der Waals surface area contributed by atoms with Crippen molar-refractivity contribution in [1.29, 1.82) is 0 Å². The van der Waals surface area contributed by atoms with Gasteiger partial charge >= 0.3 is 0 Å². The van der Waals surface area contributed by atoms with Crippen LogP contribution in [0.1, 0.15) is 44.9 Å². The zero-order valence-corrected chi connectivity index (χ0v) is 18.6. The molecular weight excluding hydrogens is 356 g/mol. The number of anilines is 2. The molecule has 0 aliphatic rings. The smallest absolute Gasteiger partial charge is 0.101 e. The van der Waals surface area contributed by atoms with Gasteiger partial charge in [0.05, 0.1) is 0 Å². The van der Waals surface area contributed by atoms with Crippen LogP contribution in [0.3, 0.4) is 0 Å². The van der Waals surface area contributed by atoms with Gasteiger partial charge in [-0.15, -0.1) is 0 Å². The number of benzene rings is 2. The molecule has 2 aromatic carbocycles. The highest BCUT2D eigenvalue weighted by Crippen LogP contribution is 2.22. The molecule has 2 aromatic rings. The summed E-state index contributed by atoms with van der Waals surface area (Å²) in [6.45, 7) is 12.8. The van der Waals surface area contributed by atoms with Crippen LogP contribution in [0.4, 0.5) is 11.4 Å². The third-order valence-corrected chi connectivity index (χ3v) is 5.31. The van der Waals surface area contributed by atoms with Gasteiger partial charge in [0.25, 0.3) is 0 Å². The molecular formula is C26H36N2O. The summed E-state index contributed by atoms with van der Waals surface area (Å²) in [7, 11) is 1.75. The van der Waals surface area contributed by atoms with E-state index in [2.05, 4.69) is 110 Å². The van der Waals surface area contributed by atoms with Crippen molar-refractivity contribution in [2.45, 2.75) is 33.8 Å².